The van der Waals surface area contributed by atoms with Crippen LogP contribution in [0.15, 0.2) is 34.7 Å². The van der Waals surface area contributed by atoms with E-state index in [2.05, 4.69) is 10.3 Å². The standard InChI is InChI=1S/C16H20N2O3/c1-4-20-15-9-8-14(21-15)16(19)18-12(3)10-13-7-5-6-11(2)17-13/h5-9,12H,4,10H2,1-3H3,(H,18,19)/t12-/m1/s1. The molecule has 2 heterocycles. The van der Waals surface area contributed by atoms with Gasteiger partial charge in [0.05, 0.1) is 6.61 Å². The van der Waals surface area contributed by atoms with E-state index < -0.39 is 0 Å². The quantitative estimate of drug-likeness (QED) is 0.887. The average molecular weight is 288 g/mol. The summed E-state index contributed by atoms with van der Waals surface area (Å²) in [5.74, 6) is 0.360. The van der Waals surface area contributed by atoms with Gasteiger partial charge in [0, 0.05) is 29.9 Å². The molecule has 0 radical (unpaired) electrons. The van der Waals surface area contributed by atoms with Gasteiger partial charge < -0.3 is 14.5 Å². The summed E-state index contributed by atoms with van der Waals surface area (Å²) >= 11 is 0. The van der Waals surface area contributed by atoms with Crippen molar-refractivity contribution in [2.24, 2.45) is 0 Å². The van der Waals surface area contributed by atoms with E-state index in [1.807, 2.05) is 39.0 Å². The third-order valence-corrected chi connectivity index (χ3v) is 2.93. The van der Waals surface area contributed by atoms with E-state index in [4.69, 9.17) is 9.15 Å². The van der Waals surface area contributed by atoms with Crippen molar-refractivity contribution in [2.45, 2.75) is 33.2 Å². The Labute approximate surface area is 124 Å². The minimum atomic E-state index is -0.249. The number of ether oxygens (including phenoxy) is 1. The molecule has 0 fully saturated rings. The first-order valence-electron chi connectivity index (χ1n) is 7.04. The van der Waals surface area contributed by atoms with Crippen LogP contribution in [0.25, 0.3) is 0 Å². The van der Waals surface area contributed by atoms with Crippen LogP contribution < -0.4 is 10.1 Å². The number of hydrogen-bond donors (Lipinski definition) is 1. The van der Waals surface area contributed by atoms with Crippen LogP contribution in [0.4, 0.5) is 0 Å². The Bertz CT molecular complexity index is 607. The van der Waals surface area contributed by atoms with Crippen molar-refractivity contribution in [3.8, 4) is 5.95 Å². The fraction of sp³-hybridized carbons (Fsp3) is 0.375. The number of carbonyl (C=O) groups is 1. The Morgan fingerprint density at radius 1 is 1.38 bits per heavy atom. The summed E-state index contributed by atoms with van der Waals surface area (Å²) in [5.41, 5.74) is 1.93. The molecule has 0 aliphatic carbocycles. The predicted octanol–water partition coefficient (Wildman–Crippen LogP) is 2.74. The molecule has 0 aliphatic rings. The second-order valence-corrected chi connectivity index (χ2v) is 4.90. The maximum Gasteiger partial charge on any atom is 0.287 e. The molecule has 112 valence electrons. The van der Waals surface area contributed by atoms with E-state index in [9.17, 15) is 4.79 Å². The largest absolute Gasteiger partial charge is 0.465 e. The molecule has 0 unspecified atom stereocenters. The Morgan fingerprint density at radius 2 is 2.19 bits per heavy atom. The zero-order chi connectivity index (χ0) is 15.2. The molecule has 1 atom stereocenters. The number of nitrogens with one attached hydrogen (secondary N) is 1. The Balaban J connectivity index is 1.92. The van der Waals surface area contributed by atoms with Crippen molar-refractivity contribution in [3.63, 3.8) is 0 Å². The van der Waals surface area contributed by atoms with Gasteiger partial charge in [-0.15, -0.1) is 0 Å². The topological polar surface area (TPSA) is 64.4 Å². The van der Waals surface area contributed by atoms with E-state index in [1.54, 1.807) is 12.1 Å². The van der Waals surface area contributed by atoms with E-state index in [-0.39, 0.29) is 17.7 Å². The number of aromatic nitrogens is 1. The molecule has 5 heteroatoms. The fourth-order valence-electron chi connectivity index (χ4n) is 2.03. The first-order chi connectivity index (χ1) is 10.1. The second-order valence-electron chi connectivity index (χ2n) is 4.90. The van der Waals surface area contributed by atoms with Crippen molar-refractivity contribution in [1.29, 1.82) is 0 Å². The second kappa shape index (κ2) is 6.92. The van der Waals surface area contributed by atoms with Crippen LogP contribution >= 0.6 is 0 Å². The van der Waals surface area contributed by atoms with Crippen molar-refractivity contribution in [2.75, 3.05) is 6.61 Å². The maximum absolute atomic E-state index is 12.0. The van der Waals surface area contributed by atoms with Crippen LogP contribution in [-0.2, 0) is 6.42 Å². The number of hydrogen-bond acceptors (Lipinski definition) is 4. The summed E-state index contributed by atoms with van der Waals surface area (Å²) in [6.07, 6.45) is 0.673. The summed E-state index contributed by atoms with van der Waals surface area (Å²) < 4.78 is 10.5. The number of amides is 1. The van der Waals surface area contributed by atoms with Crippen LogP contribution in [0.1, 0.15) is 35.8 Å². The first-order valence-corrected chi connectivity index (χ1v) is 7.04. The van der Waals surface area contributed by atoms with E-state index in [0.29, 0.717) is 19.0 Å². The zero-order valence-corrected chi connectivity index (χ0v) is 12.6. The molecule has 2 aromatic heterocycles. The molecule has 0 saturated carbocycles. The number of nitrogens with zero attached hydrogens (tertiary/aromatic N) is 1. The molecule has 0 saturated heterocycles. The van der Waals surface area contributed by atoms with Crippen LogP contribution in [0.3, 0.4) is 0 Å². The lowest BCUT2D eigenvalue weighted by Gasteiger charge is -2.12. The van der Waals surface area contributed by atoms with Gasteiger partial charge in [0.1, 0.15) is 0 Å². The molecule has 0 spiro atoms. The molecular weight excluding hydrogens is 268 g/mol. The van der Waals surface area contributed by atoms with Crippen LogP contribution in [0.2, 0.25) is 0 Å². The van der Waals surface area contributed by atoms with Crippen molar-refractivity contribution < 1.29 is 13.9 Å². The number of carbonyl (C=O) groups excluding carboxylic acids is 1. The number of aryl methyl sites for hydroxylation is 1. The van der Waals surface area contributed by atoms with Crippen molar-refractivity contribution in [1.82, 2.24) is 10.3 Å². The number of furan rings is 1. The highest BCUT2D eigenvalue weighted by Gasteiger charge is 2.15. The molecule has 2 aromatic rings. The predicted molar refractivity (Wildman–Crippen MR) is 79.5 cm³/mol. The van der Waals surface area contributed by atoms with E-state index >= 15 is 0 Å². The molecule has 1 N–H and O–H groups in total. The Hall–Kier alpha value is -2.30. The molecule has 0 bridgehead atoms. The highest BCUT2D eigenvalue weighted by molar-refractivity contribution is 5.91. The highest BCUT2D eigenvalue weighted by Crippen LogP contribution is 2.16. The molecule has 2 rings (SSSR count). The monoisotopic (exact) mass is 288 g/mol. The van der Waals surface area contributed by atoms with E-state index in [0.717, 1.165) is 11.4 Å². The maximum atomic E-state index is 12.0. The van der Waals surface area contributed by atoms with Gasteiger partial charge in [0.2, 0.25) is 0 Å². The van der Waals surface area contributed by atoms with Crippen LogP contribution in [0, 0.1) is 6.92 Å². The fourth-order valence-corrected chi connectivity index (χ4v) is 2.03. The zero-order valence-electron chi connectivity index (χ0n) is 12.6. The lowest BCUT2D eigenvalue weighted by Crippen LogP contribution is -2.34. The van der Waals surface area contributed by atoms with Crippen molar-refractivity contribution in [3.05, 3.63) is 47.5 Å². The van der Waals surface area contributed by atoms with Gasteiger partial charge in [-0.25, -0.2) is 0 Å². The lowest BCUT2D eigenvalue weighted by atomic mass is 10.1. The third kappa shape index (κ3) is 4.34. The Kier molecular flexibility index (Phi) is 4.98. The van der Waals surface area contributed by atoms with Gasteiger partial charge >= 0.3 is 0 Å². The van der Waals surface area contributed by atoms with Gasteiger partial charge in [0.15, 0.2) is 5.76 Å². The molecule has 21 heavy (non-hydrogen) atoms. The van der Waals surface area contributed by atoms with Gasteiger partial charge in [-0.2, -0.15) is 0 Å². The van der Waals surface area contributed by atoms with Gasteiger partial charge in [-0.3, -0.25) is 9.78 Å². The van der Waals surface area contributed by atoms with E-state index in [1.165, 1.54) is 0 Å². The smallest absolute Gasteiger partial charge is 0.287 e. The highest BCUT2D eigenvalue weighted by atomic mass is 16.6. The van der Waals surface area contributed by atoms with Crippen LogP contribution in [0.5, 0.6) is 5.95 Å². The summed E-state index contributed by atoms with van der Waals surface area (Å²) in [4.78, 5) is 16.5. The number of rotatable bonds is 6. The molecule has 1 amide bonds. The molecular formula is C16H20N2O3. The third-order valence-electron chi connectivity index (χ3n) is 2.93. The molecule has 0 aromatic carbocycles. The summed E-state index contributed by atoms with van der Waals surface area (Å²) in [6.45, 7) is 6.25. The van der Waals surface area contributed by atoms with Gasteiger partial charge in [-0.1, -0.05) is 6.07 Å². The lowest BCUT2D eigenvalue weighted by molar-refractivity contribution is 0.0903. The number of pyridine rings is 1. The minimum absolute atomic E-state index is 0.0348. The normalized spacial score (nSPS) is 12.0. The van der Waals surface area contributed by atoms with Crippen LogP contribution in [-0.4, -0.2) is 23.5 Å². The average Bonchev–Trinajstić information content (AvgIpc) is 2.87. The van der Waals surface area contributed by atoms with Crippen molar-refractivity contribution >= 4 is 5.91 Å². The van der Waals surface area contributed by atoms with Gasteiger partial charge in [-0.05, 0) is 39.0 Å². The summed E-state index contributed by atoms with van der Waals surface area (Å²) in [7, 11) is 0. The SMILES string of the molecule is CCOc1ccc(C(=O)N[C@H](C)Cc2cccc(C)n2)o1. The minimum Gasteiger partial charge on any atom is -0.465 e. The summed E-state index contributed by atoms with van der Waals surface area (Å²) in [5, 5.41) is 2.89. The first kappa shape index (κ1) is 15.1. The van der Waals surface area contributed by atoms with Gasteiger partial charge in [0.25, 0.3) is 11.9 Å². The molecule has 5 nitrogen and oxygen atoms in total. The molecule has 0 aliphatic heterocycles. The summed E-state index contributed by atoms with van der Waals surface area (Å²) in [6, 6.07) is 9.09. The Morgan fingerprint density at radius 3 is 2.90 bits per heavy atom.